The average Bonchev–Trinajstić information content (AvgIpc) is 3.66. The maximum atomic E-state index is 14.0. The number of pyridine rings is 1. The van der Waals surface area contributed by atoms with Gasteiger partial charge in [-0.05, 0) is 94.1 Å². The molecule has 2 amide bonds. The van der Waals surface area contributed by atoms with Crippen molar-refractivity contribution in [1.29, 1.82) is 0 Å². The van der Waals surface area contributed by atoms with Crippen LogP contribution in [-0.4, -0.2) is 64.4 Å². The van der Waals surface area contributed by atoms with Gasteiger partial charge >= 0.3 is 0 Å². The molecule has 1 N–H and O–H groups in total. The van der Waals surface area contributed by atoms with E-state index < -0.39 is 5.78 Å². The summed E-state index contributed by atoms with van der Waals surface area (Å²) in [6.07, 6.45) is 4.25. The van der Waals surface area contributed by atoms with E-state index >= 15 is 0 Å². The SMILES string of the molecule is Cc1cnc(N2CC3(CCOCC3)C2)c(C(=O)Nc2ccc(C(=O)N3CCc4cc(C(=O)c5nc(C)c(C)n5SF)oc4-c4ccccc43)cc2)c1. The fourth-order valence-corrected chi connectivity index (χ4v) is 7.84. The molecule has 0 radical (unpaired) electrons. The van der Waals surface area contributed by atoms with Gasteiger partial charge in [0, 0.05) is 66.8 Å². The molecule has 52 heavy (non-hydrogen) atoms. The summed E-state index contributed by atoms with van der Waals surface area (Å²) in [6.45, 7) is 8.92. The third-order valence-corrected chi connectivity index (χ3v) is 11.0. The molecule has 1 spiro atoms. The minimum Gasteiger partial charge on any atom is -0.452 e. The third-order valence-electron chi connectivity index (χ3n) is 10.4. The number of aryl methyl sites for hydroxylation is 2. The molecule has 0 atom stereocenters. The van der Waals surface area contributed by atoms with Crippen LogP contribution in [-0.2, 0) is 11.2 Å². The van der Waals surface area contributed by atoms with Crippen LogP contribution < -0.4 is 15.1 Å². The van der Waals surface area contributed by atoms with E-state index in [0.29, 0.717) is 64.0 Å². The van der Waals surface area contributed by atoms with Crippen molar-refractivity contribution in [3.05, 3.63) is 112 Å². The Labute approximate surface area is 304 Å². The molecule has 2 saturated heterocycles. The van der Waals surface area contributed by atoms with Crippen LogP contribution in [0.3, 0.4) is 0 Å². The number of nitrogens with zero attached hydrogens (tertiary/aromatic N) is 5. The smallest absolute Gasteiger partial charge is 0.264 e. The topological polar surface area (TPSA) is 123 Å². The molecule has 2 fully saturated rings. The number of furan rings is 1. The van der Waals surface area contributed by atoms with Gasteiger partial charge in [0.25, 0.3) is 17.6 Å². The van der Waals surface area contributed by atoms with Gasteiger partial charge in [0.05, 0.1) is 22.6 Å². The van der Waals surface area contributed by atoms with Crippen LogP contribution in [0.2, 0.25) is 0 Å². The molecular formula is C39H37FN6O5S. The summed E-state index contributed by atoms with van der Waals surface area (Å²) in [4.78, 5) is 53.8. The number of amides is 2. The van der Waals surface area contributed by atoms with Gasteiger partial charge < -0.3 is 24.3 Å². The van der Waals surface area contributed by atoms with Gasteiger partial charge in [0.1, 0.15) is 11.6 Å². The number of carbonyl (C=O) groups excluding carboxylic acids is 3. The largest absolute Gasteiger partial charge is 0.452 e. The quantitative estimate of drug-likeness (QED) is 0.175. The first-order chi connectivity index (χ1) is 25.1. The van der Waals surface area contributed by atoms with E-state index in [-0.39, 0.29) is 41.1 Å². The lowest BCUT2D eigenvalue weighted by Crippen LogP contribution is -2.59. The summed E-state index contributed by atoms with van der Waals surface area (Å²) in [5.74, 6) is 0.168. The molecule has 5 aromatic rings. The van der Waals surface area contributed by atoms with Gasteiger partial charge in [0.15, 0.2) is 23.9 Å². The molecule has 3 aromatic heterocycles. The summed E-state index contributed by atoms with van der Waals surface area (Å²) < 4.78 is 26.6. The zero-order valence-corrected chi connectivity index (χ0v) is 29.9. The van der Waals surface area contributed by atoms with E-state index in [0.717, 1.165) is 54.2 Å². The number of halogens is 1. The fraction of sp³-hybridized carbons (Fsp3) is 0.308. The van der Waals surface area contributed by atoms with E-state index in [9.17, 15) is 18.3 Å². The molecule has 0 saturated carbocycles. The van der Waals surface area contributed by atoms with Crippen molar-refractivity contribution in [2.75, 3.05) is 48.0 Å². The second-order valence-electron chi connectivity index (χ2n) is 13.9. The van der Waals surface area contributed by atoms with Crippen LogP contribution in [0.25, 0.3) is 11.3 Å². The van der Waals surface area contributed by atoms with Gasteiger partial charge in [-0.2, -0.15) is 0 Å². The molecule has 3 aliphatic rings. The Kier molecular flexibility index (Phi) is 8.70. The van der Waals surface area contributed by atoms with Crippen molar-refractivity contribution in [1.82, 2.24) is 13.9 Å². The van der Waals surface area contributed by atoms with Crippen molar-refractivity contribution in [3.8, 4) is 11.3 Å². The van der Waals surface area contributed by atoms with Gasteiger partial charge in [-0.25, -0.2) is 13.9 Å². The lowest BCUT2D eigenvalue weighted by atomic mass is 9.73. The number of nitrogens with one attached hydrogen (secondary N) is 1. The standard InChI is InChI=1S/C39H37FN6O5S/c1-23-18-30(35(41-20-23)44-21-39(22-44)13-16-50-17-14-39)37(48)43-28-10-8-26(9-11-28)38(49)45-15-12-27-19-32(51-34(27)29-6-4-5-7-31(29)45)33(47)36-42-24(2)25(3)46(36)52-40/h4-11,18-20H,12-17,21-22H2,1-3H3,(H,43,48). The molecule has 13 heteroatoms. The zero-order chi connectivity index (χ0) is 36.1. The first kappa shape index (κ1) is 33.9. The highest BCUT2D eigenvalue weighted by Crippen LogP contribution is 2.43. The summed E-state index contributed by atoms with van der Waals surface area (Å²) in [6, 6.07) is 17.8. The zero-order valence-electron chi connectivity index (χ0n) is 29.1. The molecule has 6 heterocycles. The molecule has 0 bridgehead atoms. The molecule has 0 unspecified atom stereocenters. The summed E-state index contributed by atoms with van der Waals surface area (Å²) in [7, 11) is 0. The first-order valence-corrected chi connectivity index (χ1v) is 18.0. The van der Waals surface area contributed by atoms with Crippen LogP contribution >= 0.6 is 12.3 Å². The van der Waals surface area contributed by atoms with Crippen LogP contribution in [0, 0.1) is 26.2 Å². The normalized spacial score (nSPS) is 16.2. The second kappa shape index (κ2) is 13.4. The molecule has 8 rings (SSSR count). The number of carbonyl (C=O) groups is 3. The van der Waals surface area contributed by atoms with Crippen LogP contribution in [0.4, 0.5) is 21.1 Å². The first-order valence-electron chi connectivity index (χ1n) is 17.3. The van der Waals surface area contributed by atoms with Crippen molar-refractivity contribution in [2.45, 2.75) is 40.0 Å². The van der Waals surface area contributed by atoms with E-state index in [1.165, 1.54) is 0 Å². The highest BCUT2D eigenvalue weighted by molar-refractivity contribution is 7.92. The minimum absolute atomic E-state index is 0.0493. The molecule has 2 aromatic carbocycles. The maximum absolute atomic E-state index is 14.0. The number of rotatable bonds is 7. The van der Waals surface area contributed by atoms with Gasteiger partial charge in [-0.3, -0.25) is 14.4 Å². The third kappa shape index (κ3) is 5.97. The maximum Gasteiger partial charge on any atom is 0.264 e. The Bertz CT molecular complexity index is 2220. The van der Waals surface area contributed by atoms with Crippen molar-refractivity contribution in [2.24, 2.45) is 5.41 Å². The van der Waals surface area contributed by atoms with Crippen molar-refractivity contribution >= 4 is 47.1 Å². The summed E-state index contributed by atoms with van der Waals surface area (Å²) >= 11 is -0.0756. The number of benzene rings is 2. The van der Waals surface area contributed by atoms with Gasteiger partial charge in [-0.1, -0.05) is 12.1 Å². The van der Waals surface area contributed by atoms with Gasteiger partial charge in [0.2, 0.25) is 0 Å². The Morgan fingerprint density at radius 1 is 0.981 bits per heavy atom. The Balaban J connectivity index is 0.992. The van der Waals surface area contributed by atoms with Crippen molar-refractivity contribution < 1.29 is 27.4 Å². The minimum atomic E-state index is -0.522. The number of anilines is 3. The van der Waals surface area contributed by atoms with Crippen molar-refractivity contribution in [3.63, 3.8) is 0 Å². The number of aromatic nitrogens is 3. The van der Waals surface area contributed by atoms with E-state index in [1.807, 2.05) is 37.3 Å². The second-order valence-corrected chi connectivity index (χ2v) is 14.4. The van der Waals surface area contributed by atoms with Crippen LogP contribution in [0.15, 0.2) is 71.3 Å². The molecule has 11 nitrogen and oxygen atoms in total. The number of fused-ring (bicyclic) bond motifs is 3. The van der Waals surface area contributed by atoms with Crippen LogP contribution in [0.1, 0.15) is 72.5 Å². The predicted octanol–water partition coefficient (Wildman–Crippen LogP) is 7.15. The van der Waals surface area contributed by atoms with Crippen LogP contribution in [0.5, 0.6) is 0 Å². The number of ether oxygens (including phenoxy) is 1. The summed E-state index contributed by atoms with van der Waals surface area (Å²) in [5.41, 5.74) is 5.81. The monoisotopic (exact) mass is 720 g/mol. The number of ketones is 1. The average molecular weight is 721 g/mol. The highest BCUT2D eigenvalue weighted by atomic mass is 32.2. The molecule has 3 aliphatic heterocycles. The van der Waals surface area contributed by atoms with E-state index in [2.05, 4.69) is 20.2 Å². The number of imidazole rings is 1. The lowest BCUT2D eigenvalue weighted by Gasteiger charge is -2.53. The predicted molar refractivity (Wildman–Crippen MR) is 197 cm³/mol. The Morgan fingerprint density at radius 2 is 1.73 bits per heavy atom. The molecule has 266 valence electrons. The number of hydrogen-bond donors (Lipinski definition) is 1. The number of hydrogen-bond acceptors (Lipinski definition) is 9. The van der Waals surface area contributed by atoms with E-state index in [1.54, 1.807) is 55.3 Å². The fourth-order valence-electron chi connectivity index (χ4n) is 7.41. The van der Waals surface area contributed by atoms with E-state index in [4.69, 9.17) is 9.15 Å². The lowest BCUT2D eigenvalue weighted by molar-refractivity contribution is -0.000511. The van der Waals surface area contributed by atoms with Gasteiger partial charge in [-0.15, -0.1) is 3.89 Å². The molecular weight excluding hydrogens is 684 g/mol. The molecule has 0 aliphatic carbocycles. The number of para-hydroxylation sites is 1. The summed E-state index contributed by atoms with van der Waals surface area (Å²) in [5, 5.41) is 3.00. The Morgan fingerprint density at radius 3 is 2.48 bits per heavy atom. The Hall–Kier alpha value is -5.27. The highest BCUT2D eigenvalue weighted by Gasteiger charge is 2.45.